The molecule has 0 aliphatic carbocycles. The lowest BCUT2D eigenvalue weighted by molar-refractivity contribution is 0.0673. The summed E-state index contributed by atoms with van der Waals surface area (Å²) in [5.74, 6) is -0.314. The highest BCUT2D eigenvalue weighted by molar-refractivity contribution is 5.94. The predicted molar refractivity (Wildman–Crippen MR) is 68.8 cm³/mol. The number of amides is 1. The van der Waals surface area contributed by atoms with Crippen molar-refractivity contribution in [1.29, 1.82) is 0 Å². The molecule has 1 amide bonds. The van der Waals surface area contributed by atoms with E-state index in [0.717, 1.165) is 18.4 Å². The van der Waals surface area contributed by atoms with Crippen LogP contribution in [0.2, 0.25) is 0 Å². The zero-order chi connectivity index (χ0) is 13.1. The maximum Gasteiger partial charge on any atom is 0.256 e. The Morgan fingerprint density at radius 3 is 3.06 bits per heavy atom. The van der Waals surface area contributed by atoms with Crippen LogP contribution in [0.5, 0.6) is 0 Å². The minimum absolute atomic E-state index is 0.174. The molecule has 3 nitrogen and oxygen atoms in total. The summed E-state index contributed by atoms with van der Waals surface area (Å²) in [6.07, 6.45) is 2.00. The second-order valence-electron chi connectivity index (χ2n) is 4.98. The predicted octanol–water partition coefficient (Wildman–Crippen LogP) is 1.95. The lowest BCUT2D eigenvalue weighted by Gasteiger charge is -2.32. The molecule has 2 rings (SSSR count). The largest absolute Gasteiger partial charge is 0.338 e. The molecule has 2 N–H and O–H groups in total. The molecule has 1 aliphatic heterocycles. The maximum atomic E-state index is 13.7. The van der Waals surface area contributed by atoms with E-state index in [4.69, 9.17) is 5.73 Å². The van der Waals surface area contributed by atoms with Gasteiger partial charge in [-0.15, -0.1) is 0 Å². The molecule has 0 radical (unpaired) electrons. The Morgan fingerprint density at radius 1 is 1.56 bits per heavy atom. The van der Waals surface area contributed by atoms with Crippen LogP contribution in [0.25, 0.3) is 0 Å². The molecule has 1 saturated heterocycles. The Kier molecular flexibility index (Phi) is 3.97. The van der Waals surface area contributed by atoms with Gasteiger partial charge in [0.05, 0.1) is 5.56 Å². The first kappa shape index (κ1) is 13.0. The number of hydrogen-bond donors (Lipinski definition) is 1. The minimum Gasteiger partial charge on any atom is -0.338 e. The van der Waals surface area contributed by atoms with E-state index in [1.165, 1.54) is 6.07 Å². The Morgan fingerprint density at radius 2 is 2.33 bits per heavy atom. The number of carbonyl (C=O) groups excluding carboxylic acids is 1. The summed E-state index contributed by atoms with van der Waals surface area (Å²) >= 11 is 0. The molecule has 0 spiro atoms. The Hall–Kier alpha value is -1.42. The van der Waals surface area contributed by atoms with E-state index in [1.54, 1.807) is 17.0 Å². The van der Waals surface area contributed by atoms with Crippen LogP contribution in [-0.2, 0) is 0 Å². The van der Waals surface area contributed by atoms with Crippen molar-refractivity contribution in [1.82, 2.24) is 4.90 Å². The van der Waals surface area contributed by atoms with Crippen LogP contribution < -0.4 is 5.73 Å². The SMILES string of the molecule is Cc1ccc(F)c(C(=O)N2CCCC(CN)C2)c1. The normalized spacial score (nSPS) is 19.9. The third kappa shape index (κ3) is 2.70. The number of halogens is 1. The number of rotatable bonds is 2. The molecule has 0 saturated carbocycles. The van der Waals surface area contributed by atoms with E-state index in [1.807, 2.05) is 6.92 Å². The summed E-state index contributed by atoms with van der Waals surface area (Å²) < 4.78 is 13.7. The van der Waals surface area contributed by atoms with Crippen molar-refractivity contribution < 1.29 is 9.18 Å². The van der Waals surface area contributed by atoms with Crippen molar-refractivity contribution in [2.75, 3.05) is 19.6 Å². The fraction of sp³-hybridized carbons (Fsp3) is 0.500. The molecule has 1 aromatic rings. The van der Waals surface area contributed by atoms with Crippen LogP contribution in [0.1, 0.15) is 28.8 Å². The Bertz CT molecular complexity index is 447. The van der Waals surface area contributed by atoms with Crippen LogP contribution >= 0.6 is 0 Å². The lowest BCUT2D eigenvalue weighted by Crippen LogP contribution is -2.42. The summed E-state index contributed by atoms with van der Waals surface area (Å²) in [6, 6.07) is 4.64. The van der Waals surface area contributed by atoms with Crippen LogP contribution in [0, 0.1) is 18.7 Å². The van der Waals surface area contributed by atoms with Gasteiger partial charge in [-0.3, -0.25) is 4.79 Å². The molecule has 0 aromatic heterocycles. The lowest BCUT2D eigenvalue weighted by atomic mass is 9.97. The summed E-state index contributed by atoms with van der Waals surface area (Å²) in [5.41, 5.74) is 6.72. The van der Waals surface area contributed by atoms with E-state index < -0.39 is 5.82 Å². The second kappa shape index (κ2) is 5.48. The van der Waals surface area contributed by atoms with E-state index >= 15 is 0 Å². The van der Waals surface area contributed by atoms with Gasteiger partial charge in [0.2, 0.25) is 0 Å². The van der Waals surface area contributed by atoms with Gasteiger partial charge in [0.15, 0.2) is 0 Å². The van der Waals surface area contributed by atoms with Crippen molar-refractivity contribution in [2.45, 2.75) is 19.8 Å². The molecule has 0 bridgehead atoms. The molecule has 1 heterocycles. The molecule has 1 unspecified atom stereocenters. The van der Waals surface area contributed by atoms with E-state index in [-0.39, 0.29) is 11.5 Å². The smallest absolute Gasteiger partial charge is 0.256 e. The van der Waals surface area contributed by atoms with Crippen LogP contribution in [0.3, 0.4) is 0 Å². The standard InChI is InChI=1S/C14H19FN2O/c1-10-4-5-13(15)12(7-10)14(18)17-6-2-3-11(8-16)9-17/h4-5,7,11H,2-3,6,8-9,16H2,1H3. The monoisotopic (exact) mass is 250 g/mol. The molecular formula is C14H19FN2O. The van der Waals surface area contributed by atoms with Crippen LogP contribution in [-0.4, -0.2) is 30.4 Å². The third-order valence-electron chi connectivity index (χ3n) is 3.49. The Balaban J connectivity index is 2.17. The number of hydrogen-bond acceptors (Lipinski definition) is 2. The number of nitrogens with two attached hydrogens (primary N) is 1. The van der Waals surface area contributed by atoms with Gasteiger partial charge in [-0.05, 0) is 44.4 Å². The molecule has 1 aliphatic rings. The average Bonchev–Trinajstić information content (AvgIpc) is 2.41. The number of aryl methyl sites for hydroxylation is 1. The molecule has 1 fully saturated rings. The zero-order valence-corrected chi connectivity index (χ0v) is 10.7. The van der Waals surface area contributed by atoms with Gasteiger partial charge in [-0.25, -0.2) is 4.39 Å². The molecule has 1 atom stereocenters. The maximum absolute atomic E-state index is 13.7. The van der Waals surface area contributed by atoms with E-state index in [9.17, 15) is 9.18 Å². The molecular weight excluding hydrogens is 231 g/mol. The van der Waals surface area contributed by atoms with Gasteiger partial charge < -0.3 is 10.6 Å². The highest BCUT2D eigenvalue weighted by Gasteiger charge is 2.25. The van der Waals surface area contributed by atoms with Crippen molar-refractivity contribution in [2.24, 2.45) is 11.7 Å². The molecule has 1 aromatic carbocycles. The molecule has 4 heteroatoms. The van der Waals surface area contributed by atoms with Gasteiger partial charge in [-0.1, -0.05) is 11.6 Å². The number of nitrogens with zero attached hydrogens (tertiary/aromatic N) is 1. The van der Waals surface area contributed by atoms with Crippen molar-refractivity contribution in [3.8, 4) is 0 Å². The van der Waals surface area contributed by atoms with E-state index in [0.29, 0.717) is 25.6 Å². The first-order chi connectivity index (χ1) is 8.61. The third-order valence-corrected chi connectivity index (χ3v) is 3.49. The highest BCUT2D eigenvalue weighted by Crippen LogP contribution is 2.19. The number of piperidine rings is 1. The van der Waals surface area contributed by atoms with Crippen molar-refractivity contribution >= 4 is 5.91 Å². The molecule has 18 heavy (non-hydrogen) atoms. The summed E-state index contributed by atoms with van der Waals surface area (Å²) in [4.78, 5) is 14.0. The Labute approximate surface area is 107 Å². The van der Waals surface area contributed by atoms with Gasteiger partial charge in [0, 0.05) is 13.1 Å². The van der Waals surface area contributed by atoms with Gasteiger partial charge in [0.25, 0.3) is 5.91 Å². The van der Waals surface area contributed by atoms with E-state index in [2.05, 4.69) is 0 Å². The van der Waals surface area contributed by atoms with Crippen LogP contribution in [0.4, 0.5) is 4.39 Å². The highest BCUT2D eigenvalue weighted by atomic mass is 19.1. The van der Waals surface area contributed by atoms with Gasteiger partial charge in [0.1, 0.15) is 5.82 Å². The average molecular weight is 250 g/mol. The minimum atomic E-state index is -0.444. The fourth-order valence-corrected chi connectivity index (χ4v) is 2.42. The first-order valence-electron chi connectivity index (χ1n) is 6.37. The summed E-state index contributed by atoms with van der Waals surface area (Å²) in [7, 11) is 0. The molecule has 98 valence electrons. The number of carbonyl (C=O) groups is 1. The number of likely N-dealkylation sites (tertiary alicyclic amines) is 1. The summed E-state index contributed by atoms with van der Waals surface area (Å²) in [5, 5.41) is 0. The first-order valence-corrected chi connectivity index (χ1v) is 6.37. The zero-order valence-electron chi connectivity index (χ0n) is 10.7. The van der Waals surface area contributed by atoms with Crippen molar-refractivity contribution in [3.05, 3.63) is 35.1 Å². The summed E-state index contributed by atoms with van der Waals surface area (Å²) in [6.45, 7) is 3.78. The van der Waals surface area contributed by atoms with Gasteiger partial charge in [-0.2, -0.15) is 0 Å². The number of benzene rings is 1. The van der Waals surface area contributed by atoms with Gasteiger partial charge >= 0.3 is 0 Å². The quantitative estimate of drug-likeness (QED) is 0.872. The fourth-order valence-electron chi connectivity index (χ4n) is 2.42. The topological polar surface area (TPSA) is 46.3 Å². The second-order valence-corrected chi connectivity index (χ2v) is 4.98. The van der Waals surface area contributed by atoms with Crippen molar-refractivity contribution in [3.63, 3.8) is 0 Å². The van der Waals surface area contributed by atoms with Crippen LogP contribution in [0.15, 0.2) is 18.2 Å².